The fourth-order valence-corrected chi connectivity index (χ4v) is 4.24. The van der Waals surface area contributed by atoms with Gasteiger partial charge in [0.25, 0.3) is 5.91 Å². The Morgan fingerprint density at radius 2 is 1.88 bits per heavy atom. The fraction of sp³-hybridized carbons (Fsp3) is 0.120. The maximum absolute atomic E-state index is 13.4. The van der Waals surface area contributed by atoms with Crippen LogP contribution < -0.4 is 0 Å². The Morgan fingerprint density at radius 3 is 2.73 bits per heavy atom. The van der Waals surface area contributed by atoms with Crippen LogP contribution in [0.1, 0.15) is 33.7 Å². The van der Waals surface area contributed by atoms with E-state index in [0.717, 1.165) is 27.7 Å². The predicted molar refractivity (Wildman–Crippen MR) is 119 cm³/mol. The van der Waals surface area contributed by atoms with Crippen molar-refractivity contribution in [3.05, 3.63) is 102 Å². The summed E-state index contributed by atoms with van der Waals surface area (Å²) in [4.78, 5) is 27.1. The minimum absolute atomic E-state index is 0.245. The fourth-order valence-electron chi connectivity index (χ4n) is 4.24. The van der Waals surface area contributed by atoms with Crippen molar-refractivity contribution in [3.8, 4) is 11.4 Å². The summed E-state index contributed by atoms with van der Waals surface area (Å²) in [7, 11) is 0. The third-order valence-corrected chi connectivity index (χ3v) is 5.99. The van der Waals surface area contributed by atoms with Gasteiger partial charge in [0.15, 0.2) is 0 Å². The average Bonchev–Trinajstić information content (AvgIpc) is 3.52. The molecule has 1 aliphatic rings. The van der Waals surface area contributed by atoms with E-state index in [2.05, 4.69) is 20.1 Å². The number of carbonyl (C=O) groups is 1. The Hall–Kier alpha value is -4.33. The number of aromatic amines is 1. The van der Waals surface area contributed by atoms with E-state index >= 15 is 0 Å². The Labute approximate surface area is 187 Å². The van der Waals surface area contributed by atoms with E-state index in [0.29, 0.717) is 30.2 Å². The summed E-state index contributed by atoms with van der Waals surface area (Å²) in [5.41, 5.74) is 2.93. The predicted octanol–water partition coefficient (Wildman–Crippen LogP) is 4.69. The zero-order valence-electron chi connectivity index (χ0n) is 17.4. The summed E-state index contributed by atoms with van der Waals surface area (Å²) in [6.07, 6.45) is 2.05. The van der Waals surface area contributed by atoms with Gasteiger partial charge in [-0.3, -0.25) is 4.79 Å². The van der Waals surface area contributed by atoms with Crippen LogP contribution in [0.3, 0.4) is 0 Å². The van der Waals surface area contributed by atoms with Crippen molar-refractivity contribution in [2.75, 3.05) is 0 Å². The second-order valence-corrected chi connectivity index (χ2v) is 8.01. The Morgan fingerprint density at radius 1 is 1.06 bits per heavy atom. The van der Waals surface area contributed by atoms with Crippen LogP contribution in [-0.2, 0) is 13.0 Å². The Kier molecular flexibility index (Phi) is 4.50. The molecule has 0 bridgehead atoms. The van der Waals surface area contributed by atoms with Gasteiger partial charge in [-0.05, 0) is 41.1 Å². The van der Waals surface area contributed by atoms with Crippen molar-refractivity contribution in [2.24, 2.45) is 0 Å². The number of amides is 1. The number of fused-ring (bicyclic) bond motifs is 2. The molecule has 162 valence electrons. The molecule has 2 aromatic heterocycles. The van der Waals surface area contributed by atoms with Crippen LogP contribution in [0.4, 0.5) is 4.39 Å². The molecule has 0 fully saturated rings. The number of imidazole rings is 1. The van der Waals surface area contributed by atoms with Crippen molar-refractivity contribution in [1.29, 1.82) is 0 Å². The number of aromatic nitrogens is 4. The minimum atomic E-state index is -0.486. The van der Waals surface area contributed by atoms with Crippen LogP contribution >= 0.6 is 0 Å². The molecule has 0 aliphatic carbocycles. The molecule has 3 aromatic carbocycles. The zero-order valence-corrected chi connectivity index (χ0v) is 17.4. The topological polar surface area (TPSA) is 87.9 Å². The number of hydrogen-bond acceptors (Lipinski definition) is 5. The molecule has 0 unspecified atom stereocenters. The first-order valence-corrected chi connectivity index (χ1v) is 10.6. The van der Waals surface area contributed by atoms with E-state index in [1.54, 1.807) is 11.2 Å². The summed E-state index contributed by atoms with van der Waals surface area (Å²) in [6.45, 7) is 0.309. The van der Waals surface area contributed by atoms with Gasteiger partial charge in [0, 0.05) is 17.5 Å². The molecule has 3 heterocycles. The molecule has 5 aromatic rings. The highest BCUT2D eigenvalue weighted by molar-refractivity contribution is 5.94. The average molecular weight is 439 g/mol. The van der Waals surface area contributed by atoms with Gasteiger partial charge in [-0.15, -0.1) is 0 Å². The third-order valence-electron chi connectivity index (χ3n) is 5.99. The molecule has 33 heavy (non-hydrogen) atoms. The summed E-state index contributed by atoms with van der Waals surface area (Å²) in [5, 5.41) is 6.39. The standard InChI is InChI=1S/C25H18FN5O2/c26-19-9-7-16(8-10-19)25(32)31-13-21-20(27-14-28-21)12-22(31)24-29-23(30-33-24)18-6-5-15-3-1-2-4-17(15)11-18/h1-11,14,22H,12-13H2,(H,27,28)/t22-/m0/s1. The first-order chi connectivity index (χ1) is 16.2. The summed E-state index contributed by atoms with van der Waals surface area (Å²) in [6, 6.07) is 19.1. The molecular formula is C25H18FN5O2. The van der Waals surface area contributed by atoms with Crippen LogP contribution in [-0.4, -0.2) is 30.9 Å². The second-order valence-electron chi connectivity index (χ2n) is 8.01. The van der Waals surface area contributed by atoms with Crippen molar-refractivity contribution < 1.29 is 13.7 Å². The highest BCUT2D eigenvalue weighted by atomic mass is 19.1. The van der Waals surface area contributed by atoms with Crippen molar-refractivity contribution in [3.63, 3.8) is 0 Å². The quantitative estimate of drug-likeness (QED) is 0.441. The van der Waals surface area contributed by atoms with E-state index in [1.807, 2.05) is 42.5 Å². The lowest BCUT2D eigenvalue weighted by molar-refractivity contribution is 0.0589. The maximum Gasteiger partial charge on any atom is 0.254 e. The lowest BCUT2D eigenvalue weighted by Gasteiger charge is -2.32. The number of halogens is 1. The van der Waals surface area contributed by atoms with Gasteiger partial charge in [0.2, 0.25) is 11.7 Å². The normalized spacial score (nSPS) is 15.5. The smallest absolute Gasteiger partial charge is 0.254 e. The number of nitrogens with zero attached hydrogens (tertiary/aromatic N) is 4. The van der Waals surface area contributed by atoms with Crippen molar-refractivity contribution in [1.82, 2.24) is 25.0 Å². The van der Waals surface area contributed by atoms with E-state index in [-0.39, 0.29) is 5.91 Å². The maximum atomic E-state index is 13.4. The molecule has 0 saturated heterocycles. The highest BCUT2D eigenvalue weighted by Gasteiger charge is 2.36. The van der Waals surface area contributed by atoms with Gasteiger partial charge < -0.3 is 14.4 Å². The molecule has 1 atom stereocenters. The Bertz CT molecular complexity index is 1470. The highest BCUT2D eigenvalue weighted by Crippen LogP contribution is 2.33. The van der Waals surface area contributed by atoms with E-state index < -0.39 is 11.9 Å². The number of H-pyrrole nitrogens is 1. The molecule has 7 nitrogen and oxygen atoms in total. The van der Waals surface area contributed by atoms with Crippen molar-refractivity contribution >= 4 is 16.7 Å². The SMILES string of the molecule is O=C(c1ccc(F)cc1)N1Cc2[nH]cnc2C[C@H]1c1nc(-c2ccc3ccccc3c2)no1. The Balaban J connectivity index is 1.37. The van der Waals surface area contributed by atoms with Gasteiger partial charge in [-0.2, -0.15) is 4.98 Å². The van der Waals surface area contributed by atoms with Crippen LogP contribution in [0.5, 0.6) is 0 Å². The van der Waals surface area contributed by atoms with Gasteiger partial charge >= 0.3 is 0 Å². The zero-order chi connectivity index (χ0) is 22.4. The van der Waals surface area contributed by atoms with Gasteiger partial charge in [0.05, 0.1) is 24.3 Å². The van der Waals surface area contributed by atoms with E-state index in [4.69, 9.17) is 4.52 Å². The molecule has 1 amide bonds. The second kappa shape index (κ2) is 7.67. The molecular weight excluding hydrogens is 421 g/mol. The van der Waals surface area contributed by atoms with E-state index in [1.165, 1.54) is 24.3 Å². The third kappa shape index (κ3) is 3.45. The monoisotopic (exact) mass is 439 g/mol. The number of benzene rings is 3. The molecule has 1 aliphatic heterocycles. The molecule has 8 heteroatoms. The van der Waals surface area contributed by atoms with Crippen molar-refractivity contribution in [2.45, 2.75) is 19.0 Å². The number of carbonyl (C=O) groups excluding carboxylic acids is 1. The molecule has 6 rings (SSSR count). The summed E-state index contributed by atoms with van der Waals surface area (Å²) >= 11 is 0. The molecule has 0 radical (unpaired) electrons. The first-order valence-electron chi connectivity index (χ1n) is 10.6. The van der Waals surface area contributed by atoms with Crippen LogP contribution in [0.15, 0.2) is 77.6 Å². The van der Waals surface area contributed by atoms with Crippen LogP contribution in [0.2, 0.25) is 0 Å². The summed E-state index contributed by atoms with van der Waals surface area (Å²) < 4.78 is 19.0. The number of hydrogen-bond donors (Lipinski definition) is 1. The lowest BCUT2D eigenvalue weighted by atomic mass is 10.0. The van der Waals surface area contributed by atoms with Gasteiger partial charge in [-0.1, -0.05) is 41.6 Å². The van der Waals surface area contributed by atoms with Gasteiger partial charge in [0.1, 0.15) is 11.9 Å². The van der Waals surface area contributed by atoms with Crippen LogP contribution in [0.25, 0.3) is 22.2 Å². The molecule has 0 saturated carbocycles. The molecule has 1 N–H and O–H groups in total. The largest absolute Gasteiger partial charge is 0.347 e. The van der Waals surface area contributed by atoms with E-state index in [9.17, 15) is 9.18 Å². The number of rotatable bonds is 3. The lowest BCUT2D eigenvalue weighted by Crippen LogP contribution is -2.39. The molecule has 0 spiro atoms. The van der Waals surface area contributed by atoms with Gasteiger partial charge in [-0.25, -0.2) is 9.37 Å². The minimum Gasteiger partial charge on any atom is -0.347 e. The summed E-state index contributed by atoms with van der Waals surface area (Å²) in [5.74, 6) is 0.153. The first kappa shape index (κ1) is 19.4. The number of nitrogens with one attached hydrogen (secondary N) is 1. The van der Waals surface area contributed by atoms with Crippen LogP contribution in [0, 0.1) is 5.82 Å².